The summed E-state index contributed by atoms with van der Waals surface area (Å²) in [5.74, 6) is -2.50. The van der Waals surface area contributed by atoms with Crippen LogP contribution in [0.1, 0.15) is 50.5 Å². The molecule has 3 N–H and O–H groups in total. The number of hydrogen-bond acceptors (Lipinski definition) is 5. The molecule has 0 radical (unpaired) electrons. The van der Waals surface area contributed by atoms with Crippen LogP contribution >= 0.6 is 0 Å². The standard InChI is InChI=1S/C32H34F2N4O3/c33-32(34)19-31(35,20-32)24-10-8-23(9-11-24)29-27(22-4-2-1-3-5-22)17-25(18-36-29)37-28(39)16-21-6-12-26(13-7-21)38-14-15-41-30(38)40/h1-5,8-11,17-18,21,26H,6-7,12-16,19-20,35H2,(H,37,39)/t21-,26-. The number of ether oxygens (including phenoxy) is 1. The molecule has 1 aliphatic heterocycles. The molecular formula is C32H34F2N4O3. The molecule has 41 heavy (non-hydrogen) atoms. The predicted molar refractivity (Wildman–Crippen MR) is 152 cm³/mol. The van der Waals surface area contributed by atoms with Crippen LogP contribution in [0.2, 0.25) is 0 Å². The summed E-state index contributed by atoms with van der Waals surface area (Å²) in [5.41, 5.74) is 9.88. The quantitative estimate of drug-likeness (QED) is 0.352. The van der Waals surface area contributed by atoms with Crippen molar-refractivity contribution in [2.75, 3.05) is 18.5 Å². The van der Waals surface area contributed by atoms with Crippen molar-refractivity contribution in [3.05, 3.63) is 72.4 Å². The van der Waals surface area contributed by atoms with E-state index in [0.717, 1.165) is 48.1 Å². The van der Waals surface area contributed by atoms with Crippen LogP contribution in [0.4, 0.5) is 19.3 Å². The number of amides is 2. The van der Waals surface area contributed by atoms with Gasteiger partial charge in [0.15, 0.2) is 0 Å². The third-order valence-electron chi connectivity index (χ3n) is 8.66. The summed E-state index contributed by atoms with van der Waals surface area (Å²) < 4.78 is 32.1. The van der Waals surface area contributed by atoms with E-state index in [4.69, 9.17) is 15.5 Å². The highest BCUT2D eigenvalue weighted by atomic mass is 19.3. The lowest BCUT2D eigenvalue weighted by atomic mass is 9.70. The zero-order valence-electron chi connectivity index (χ0n) is 22.8. The molecule has 9 heteroatoms. The van der Waals surface area contributed by atoms with E-state index in [1.165, 1.54) is 0 Å². The number of benzene rings is 2. The molecular weight excluding hydrogens is 526 g/mol. The van der Waals surface area contributed by atoms with Gasteiger partial charge in [-0.25, -0.2) is 13.6 Å². The average Bonchev–Trinajstić information content (AvgIpc) is 3.38. The molecule has 0 bridgehead atoms. The molecule has 2 amide bonds. The van der Waals surface area contributed by atoms with Gasteiger partial charge in [0, 0.05) is 36.4 Å². The Kier molecular flexibility index (Phi) is 7.23. The van der Waals surface area contributed by atoms with Gasteiger partial charge in [0.05, 0.1) is 29.7 Å². The number of rotatable bonds is 7. The van der Waals surface area contributed by atoms with Gasteiger partial charge >= 0.3 is 6.09 Å². The topological polar surface area (TPSA) is 97.5 Å². The second kappa shape index (κ2) is 10.9. The molecule has 2 saturated carbocycles. The first-order chi connectivity index (χ1) is 19.7. The Labute approximate surface area is 238 Å². The number of hydrogen-bond donors (Lipinski definition) is 2. The summed E-state index contributed by atoms with van der Waals surface area (Å²) >= 11 is 0. The Balaban J connectivity index is 1.15. The molecule has 7 nitrogen and oxygen atoms in total. The van der Waals surface area contributed by atoms with Gasteiger partial charge < -0.3 is 20.7 Å². The predicted octanol–water partition coefficient (Wildman–Crippen LogP) is 6.34. The summed E-state index contributed by atoms with van der Waals surface area (Å²) in [5, 5.41) is 3.03. The number of nitrogens with zero attached hydrogens (tertiary/aromatic N) is 2. The molecule has 2 aromatic carbocycles. The number of alkyl halides is 2. The van der Waals surface area contributed by atoms with Crippen molar-refractivity contribution in [2.45, 2.75) is 62.4 Å². The minimum Gasteiger partial charge on any atom is -0.448 e. The first-order valence-corrected chi connectivity index (χ1v) is 14.3. The minimum absolute atomic E-state index is 0.0579. The summed E-state index contributed by atoms with van der Waals surface area (Å²) in [6.07, 6.45) is 4.70. The molecule has 2 heterocycles. The molecule has 214 valence electrons. The number of anilines is 1. The molecule has 3 aromatic rings. The highest BCUT2D eigenvalue weighted by Gasteiger charge is 2.55. The van der Waals surface area contributed by atoms with E-state index in [1.807, 2.05) is 53.4 Å². The van der Waals surface area contributed by atoms with E-state index in [9.17, 15) is 18.4 Å². The van der Waals surface area contributed by atoms with E-state index in [2.05, 4.69) is 5.32 Å². The summed E-state index contributed by atoms with van der Waals surface area (Å²) in [6.45, 7) is 1.11. The molecule has 2 aliphatic carbocycles. The summed E-state index contributed by atoms with van der Waals surface area (Å²) in [6, 6.07) is 19.3. The Hall–Kier alpha value is -3.85. The van der Waals surface area contributed by atoms with Crippen LogP contribution in [-0.2, 0) is 15.1 Å². The Morgan fingerprint density at radius 3 is 2.37 bits per heavy atom. The Bertz CT molecular complexity index is 1410. The zero-order chi connectivity index (χ0) is 28.6. The number of carbonyl (C=O) groups excluding carboxylic acids is 2. The van der Waals surface area contributed by atoms with Gasteiger partial charge in [-0.2, -0.15) is 0 Å². The first kappa shape index (κ1) is 27.3. The Morgan fingerprint density at radius 2 is 1.73 bits per heavy atom. The highest BCUT2D eigenvalue weighted by molar-refractivity contribution is 5.93. The van der Waals surface area contributed by atoms with Gasteiger partial charge in [0.25, 0.3) is 5.92 Å². The fourth-order valence-corrected chi connectivity index (χ4v) is 6.51. The lowest BCUT2D eigenvalue weighted by molar-refractivity contribution is -0.125. The first-order valence-electron chi connectivity index (χ1n) is 14.3. The number of cyclic esters (lactones) is 1. The van der Waals surface area contributed by atoms with Gasteiger partial charge in [-0.05, 0) is 48.8 Å². The van der Waals surface area contributed by atoms with Crippen molar-refractivity contribution < 1.29 is 23.1 Å². The molecule has 3 aliphatic rings. The number of carbonyl (C=O) groups is 2. The fourth-order valence-electron chi connectivity index (χ4n) is 6.51. The van der Waals surface area contributed by atoms with Crippen LogP contribution in [0.3, 0.4) is 0 Å². The van der Waals surface area contributed by atoms with Crippen LogP contribution in [0, 0.1) is 5.92 Å². The van der Waals surface area contributed by atoms with Gasteiger partial charge in [0.1, 0.15) is 6.61 Å². The number of halogens is 2. The van der Waals surface area contributed by atoms with Crippen LogP contribution in [-0.4, -0.2) is 47.0 Å². The maximum absolute atomic E-state index is 13.5. The SMILES string of the molecule is NC1(c2ccc(-c3ncc(NC(=O)C[C@H]4CC[C@H](N5CCOC5=O)CC4)cc3-c3ccccc3)cc2)CC(F)(F)C1. The van der Waals surface area contributed by atoms with E-state index in [1.54, 1.807) is 18.3 Å². The Morgan fingerprint density at radius 1 is 1.02 bits per heavy atom. The lowest BCUT2D eigenvalue weighted by Crippen LogP contribution is -2.55. The fraction of sp³-hybridized carbons (Fsp3) is 0.406. The molecule has 0 atom stereocenters. The van der Waals surface area contributed by atoms with Crippen LogP contribution in [0.25, 0.3) is 22.4 Å². The van der Waals surface area contributed by atoms with Crippen LogP contribution < -0.4 is 11.1 Å². The van der Waals surface area contributed by atoms with E-state index >= 15 is 0 Å². The van der Waals surface area contributed by atoms with E-state index in [0.29, 0.717) is 30.8 Å². The second-order valence-electron chi connectivity index (χ2n) is 11.7. The van der Waals surface area contributed by atoms with Crippen LogP contribution in [0.5, 0.6) is 0 Å². The molecule has 1 aromatic heterocycles. The van der Waals surface area contributed by atoms with Gasteiger partial charge in [-0.15, -0.1) is 0 Å². The molecule has 6 rings (SSSR count). The number of aromatic nitrogens is 1. The number of nitrogens with one attached hydrogen (secondary N) is 1. The maximum Gasteiger partial charge on any atom is 0.410 e. The molecule has 3 fully saturated rings. The van der Waals surface area contributed by atoms with Crippen molar-refractivity contribution >= 4 is 17.7 Å². The molecule has 0 spiro atoms. The van der Waals surface area contributed by atoms with E-state index in [-0.39, 0.29) is 36.8 Å². The molecule has 0 unspecified atom stereocenters. The van der Waals surface area contributed by atoms with Crippen molar-refractivity contribution in [3.8, 4) is 22.4 Å². The van der Waals surface area contributed by atoms with Gasteiger partial charge in [-0.3, -0.25) is 9.78 Å². The second-order valence-corrected chi connectivity index (χ2v) is 11.7. The summed E-state index contributed by atoms with van der Waals surface area (Å²) in [7, 11) is 0. The van der Waals surface area contributed by atoms with E-state index < -0.39 is 11.5 Å². The maximum atomic E-state index is 13.5. The third kappa shape index (κ3) is 5.81. The highest BCUT2D eigenvalue weighted by Crippen LogP contribution is 2.50. The van der Waals surface area contributed by atoms with Crippen molar-refractivity contribution in [3.63, 3.8) is 0 Å². The normalized spacial score (nSPS) is 23.0. The lowest BCUT2D eigenvalue weighted by Gasteiger charge is -2.44. The number of pyridine rings is 1. The van der Waals surface area contributed by atoms with Crippen LogP contribution in [0.15, 0.2) is 66.9 Å². The zero-order valence-corrected chi connectivity index (χ0v) is 22.8. The van der Waals surface area contributed by atoms with Crippen molar-refractivity contribution in [1.82, 2.24) is 9.88 Å². The third-order valence-corrected chi connectivity index (χ3v) is 8.66. The monoisotopic (exact) mass is 560 g/mol. The van der Waals surface area contributed by atoms with Crippen molar-refractivity contribution in [2.24, 2.45) is 11.7 Å². The van der Waals surface area contributed by atoms with Gasteiger partial charge in [0.2, 0.25) is 5.91 Å². The van der Waals surface area contributed by atoms with Crippen molar-refractivity contribution in [1.29, 1.82) is 0 Å². The average molecular weight is 561 g/mol. The largest absolute Gasteiger partial charge is 0.448 e. The molecule has 1 saturated heterocycles. The summed E-state index contributed by atoms with van der Waals surface area (Å²) in [4.78, 5) is 31.4. The smallest absolute Gasteiger partial charge is 0.410 e. The minimum atomic E-state index is -2.71. The number of nitrogens with two attached hydrogens (primary N) is 1. The van der Waals surface area contributed by atoms with Gasteiger partial charge in [-0.1, -0.05) is 54.6 Å².